The highest BCUT2D eigenvalue weighted by molar-refractivity contribution is 4.97. The molecule has 0 saturated carbocycles. The molecule has 0 bridgehead atoms. The molecule has 0 spiro atoms. The lowest BCUT2D eigenvalue weighted by atomic mass is 10.0. The van der Waals surface area contributed by atoms with Crippen LogP contribution >= 0.6 is 0 Å². The monoisotopic (exact) mass is 207 g/mol. The van der Waals surface area contributed by atoms with Crippen LogP contribution in [-0.2, 0) is 5.54 Å². The Morgan fingerprint density at radius 1 is 1.13 bits per heavy atom. The molecule has 84 valence electrons. The molecule has 0 amide bonds. The second kappa shape index (κ2) is 4.37. The fourth-order valence-corrected chi connectivity index (χ4v) is 2.24. The molecular formula is C12H21N3. The summed E-state index contributed by atoms with van der Waals surface area (Å²) in [5.41, 5.74) is 0.195. The standard InChI is InChI=1S/C12H21N3/c1-12(2,15-7-3-4-8-15)11-14-9-5-13-6-10-14/h3-4,7-8,13H,5-6,9-11H2,1-2H3. The van der Waals surface area contributed by atoms with E-state index in [9.17, 15) is 0 Å². The van der Waals surface area contributed by atoms with Gasteiger partial charge in [0.2, 0.25) is 0 Å². The van der Waals surface area contributed by atoms with Crippen molar-refractivity contribution in [3.63, 3.8) is 0 Å². The molecule has 1 fully saturated rings. The van der Waals surface area contributed by atoms with Gasteiger partial charge in [0.05, 0.1) is 5.54 Å². The van der Waals surface area contributed by atoms with Gasteiger partial charge < -0.3 is 9.88 Å². The Balaban J connectivity index is 1.97. The first-order chi connectivity index (χ1) is 7.18. The first-order valence-electron chi connectivity index (χ1n) is 5.75. The number of rotatable bonds is 3. The third-order valence-electron chi connectivity index (χ3n) is 3.12. The molecule has 1 aromatic rings. The summed E-state index contributed by atoms with van der Waals surface area (Å²) in [5, 5.41) is 3.39. The van der Waals surface area contributed by atoms with E-state index in [2.05, 4.69) is 53.2 Å². The quantitative estimate of drug-likeness (QED) is 0.802. The Kier molecular flexibility index (Phi) is 3.12. The van der Waals surface area contributed by atoms with Gasteiger partial charge in [0.1, 0.15) is 0 Å². The van der Waals surface area contributed by atoms with Crippen LogP contribution in [0.5, 0.6) is 0 Å². The van der Waals surface area contributed by atoms with Crippen LogP contribution in [0.3, 0.4) is 0 Å². The Hall–Kier alpha value is -0.800. The Labute approximate surface area is 92.1 Å². The molecule has 1 aliphatic heterocycles. The van der Waals surface area contributed by atoms with E-state index in [4.69, 9.17) is 0 Å². The van der Waals surface area contributed by atoms with Crippen molar-refractivity contribution in [1.29, 1.82) is 0 Å². The minimum Gasteiger partial charge on any atom is -0.348 e. The molecule has 3 heteroatoms. The molecular weight excluding hydrogens is 186 g/mol. The summed E-state index contributed by atoms with van der Waals surface area (Å²) in [6.45, 7) is 10.3. The minimum absolute atomic E-state index is 0.195. The minimum atomic E-state index is 0.195. The van der Waals surface area contributed by atoms with Crippen LogP contribution in [-0.4, -0.2) is 42.2 Å². The molecule has 1 saturated heterocycles. The van der Waals surface area contributed by atoms with Gasteiger partial charge in [0, 0.05) is 45.1 Å². The molecule has 1 N–H and O–H groups in total. The Morgan fingerprint density at radius 2 is 1.73 bits per heavy atom. The smallest absolute Gasteiger partial charge is 0.0510 e. The van der Waals surface area contributed by atoms with Crippen LogP contribution in [0.1, 0.15) is 13.8 Å². The first kappa shape index (κ1) is 10.7. The van der Waals surface area contributed by atoms with Crippen molar-refractivity contribution in [3.8, 4) is 0 Å². The topological polar surface area (TPSA) is 20.2 Å². The van der Waals surface area contributed by atoms with E-state index in [0.717, 1.165) is 19.6 Å². The SMILES string of the molecule is CC(C)(CN1CCNCC1)n1cccc1. The van der Waals surface area contributed by atoms with E-state index >= 15 is 0 Å². The lowest BCUT2D eigenvalue weighted by molar-refractivity contribution is 0.164. The summed E-state index contributed by atoms with van der Waals surface area (Å²) >= 11 is 0. The van der Waals surface area contributed by atoms with Gasteiger partial charge >= 0.3 is 0 Å². The highest BCUT2D eigenvalue weighted by Gasteiger charge is 2.23. The van der Waals surface area contributed by atoms with E-state index < -0.39 is 0 Å². The lowest BCUT2D eigenvalue weighted by Gasteiger charge is -2.36. The molecule has 3 nitrogen and oxygen atoms in total. The average molecular weight is 207 g/mol. The van der Waals surface area contributed by atoms with Crippen LogP contribution in [0, 0.1) is 0 Å². The summed E-state index contributed by atoms with van der Waals surface area (Å²) in [7, 11) is 0. The molecule has 0 radical (unpaired) electrons. The molecule has 2 heterocycles. The maximum atomic E-state index is 3.39. The second-order valence-electron chi connectivity index (χ2n) is 4.93. The van der Waals surface area contributed by atoms with Gasteiger partial charge in [-0.2, -0.15) is 0 Å². The largest absolute Gasteiger partial charge is 0.348 e. The first-order valence-corrected chi connectivity index (χ1v) is 5.75. The van der Waals surface area contributed by atoms with E-state index in [1.807, 2.05) is 0 Å². The van der Waals surface area contributed by atoms with Crippen molar-refractivity contribution < 1.29 is 0 Å². The van der Waals surface area contributed by atoms with E-state index in [0.29, 0.717) is 0 Å². The summed E-state index contributed by atoms with van der Waals surface area (Å²) in [6, 6.07) is 4.19. The highest BCUT2D eigenvalue weighted by atomic mass is 15.2. The van der Waals surface area contributed by atoms with Crippen molar-refractivity contribution in [3.05, 3.63) is 24.5 Å². The molecule has 1 aliphatic rings. The predicted octanol–water partition coefficient (Wildman–Crippen LogP) is 1.13. The number of nitrogens with one attached hydrogen (secondary N) is 1. The van der Waals surface area contributed by atoms with Crippen molar-refractivity contribution in [1.82, 2.24) is 14.8 Å². The zero-order valence-electron chi connectivity index (χ0n) is 9.74. The van der Waals surface area contributed by atoms with Crippen molar-refractivity contribution in [2.45, 2.75) is 19.4 Å². The van der Waals surface area contributed by atoms with Crippen LogP contribution in [0.15, 0.2) is 24.5 Å². The number of aromatic nitrogens is 1. The van der Waals surface area contributed by atoms with Gasteiger partial charge in [0.25, 0.3) is 0 Å². The number of hydrogen-bond donors (Lipinski definition) is 1. The summed E-state index contributed by atoms with van der Waals surface area (Å²) in [4.78, 5) is 2.54. The molecule has 0 aliphatic carbocycles. The van der Waals surface area contributed by atoms with Gasteiger partial charge in [-0.05, 0) is 26.0 Å². The summed E-state index contributed by atoms with van der Waals surface area (Å²) in [5.74, 6) is 0. The fourth-order valence-electron chi connectivity index (χ4n) is 2.24. The predicted molar refractivity (Wildman–Crippen MR) is 63.1 cm³/mol. The maximum Gasteiger partial charge on any atom is 0.0510 e. The van der Waals surface area contributed by atoms with Crippen molar-refractivity contribution in [2.24, 2.45) is 0 Å². The van der Waals surface area contributed by atoms with Crippen LogP contribution < -0.4 is 5.32 Å². The highest BCUT2D eigenvalue weighted by Crippen LogP contribution is 2.17. The molecule has 0 aromatic carbocycles. The van der Waals surface area contributed by atoms with Crippen LogP contribution in [0.25, 0.3) is 0 Å². The Bertz CT molecular complexity index is 284. The van der Waals surface area contributed by atoms with Crippen molar-refractivity contribution in [2.75, 3.05) is 32.7 Å². The van der Waals surface area contributed by atoms with E-state index in [1.54, 1.807) is 0 Å². The van der Waals surface area contributed by atoms with E-state index in [-0.39, 0.29) is 5.54 Å². The molecule has 2 rings (SSSR count). The lowest BCUT2D eigenvalue weighted by Crippen LogP contribution is -2.49. The second-order valence-corrected chi connectivity index (χ2v) is 4.93. The number of hydrogen-bond acceptors (Lipinski definition) is 2. The number of piperazine rings is 1. The van der Waals surface area contributed by atoms with E-state index in [1.165, 1.54) is 13.1 Å². The summed E-state index contributed by atoms with van der Waals surface area (Å²) < 4.78 is 2.30. The Morgan fingerprint density at radius 3 is 2.33 bits per heavy atom. The molecule has 0 atom stereocenters. The van der Waals surface area contributed by atoms with Gasteiger partial charge in [0.15, 0.2) is 0 Å². The van der Waals surface area contributed by atoms with Gasteiger partial charge in [-0.25, -0.2) is 0 Å². The zero-order valence-corrected chi connectivity index (χ0v) is 9.74. The van der Waals surface area contributed by atoms with Crippen molar-refractivity contribution >= 4 is 0 Å². The zero-order chi connectivity index (χ0) is 10.7. The van der Waals surface area contributed by atoms with Gasteiger partial charge in [-0.15, -0.1) is 0 Å². The van der Waals surface area contributed by atoms with Crippen LogP contribution in [0.2, 0.25) is 0 Å². The summed E-state index contributed by atoms with van der Waals surface area (Å²) in [6.07, 6.45) is 4.31. The normalized spacial score (nSPS) is 19.3. The average Bonchev–Trinajstić information content (AvgIpc) is 2.71. The fraction of sp³-hybridized carbons (Fsp3) is 0.667. The number of nitrogens with zero attached hydrogens (tertiary/aromatic N) is 2. The van der Waals surface area contributed by atoms with Gasteiger partial charge in [-0.1, -0.05) is 0 Å². The van der Waals surface area contributed by atoms with Gasteiger partial charge in [-0.3, -0.25) is 4.90 Å². The molecule has 0 unspecified atom stereocenters. The molecule has 15 heavy (non-hydrogen) atoms. The van der Waals surface area contributed by atoms with Crippen LogP contribution in [0.4, 0.5) is 0 Å². The maximum absolute atomic E-state index is 3.39. The third kappa shape index (κ3) is 2.61. The third-order valence-corrected chi connectivity index (χ3v) is 3.12. The molecule has 1 aromatic heterocycles.